The van der Waals surface area contributed by atoms with Gasteiger partial charge in [-0.1, -0.05) is 6.07 Å². The van der Waals surface area contributed by atoms with E-state index in [0.29, 0.717) is 11.3 Å². The van der Waals surface area contributed by atoms with Gasteiger partial charge in [0.15, 0.2) is 6.10 Å². The van der Waals surface area contributed by atoms with E-state index in [1.165, 1.54) is 20.3 Å². The van der Waals surface area contributed by atoms with Crippen molar-refractivity contribution in [3.8, 4) is 11.5 Å². The minimum absolute atomic E-state index is 0.00248. The van der Waals surface area contributed by atoms with E-state index < -0.39 is 12.1 Å². The van der Waals surface area contributed by atoms with Crippen LogP contribution in [-0.2, 0) is 16.0 Å². The van der Waals surface area contributed by atoms with E-state index in [4.69, 9.17) is 4.74 Å². The quantitative estimate of drug-likeness (QED) is 0.730. The second kappa shape index (κ2) is 5.37. The number of ether oxygens (including phenoxy) is 2. The lowest BCUT2D eigenvalue weighted by Crippen LogP contribution is -2.24. The Morgan fingerprint density at radius 1 is 1.44 bits per heavy atom. The number of carbonyl (C=O) groups is 1. The molecule has 0 amide bonds. The van der Waals surface area contributed by atoms with Gasteiger partial charge in [-0.3, -0.25) is 0 Å². The third-order valence-corrected chi connectivity index (χ3v) is 2.18. The van der Waals surface area contributed by atoms with Gasteiger partial charge in [0, 0.05) is 12.5 Å². The molecule has 0 fully saturated rings. The maximum atomic E-state index is 11.0. The number of rotatable bonds is 4. The molecule has 1 rings (SSSR count). The molecule has 0 aromatic heterocycles. The lowest BCUT2D eigenvalue weighted by atomic mass is 10.1. The number of phenols is 1. The number of aliphatic hydroxyl groups is 1. The van der Waals surface area contributed by atoms with Gasteiger partial charge in [-0.25, -0.2) is 4.79 Å². The Bertz CT molecular complexity index is 375. The van der Waals surface area contributed by atoms with Crippen LogP contribution in [0.4, 0.5) is 0 Å². The van der Waals surface area contributed by atoms with Gasteiger partial charge in [0.25, 0.3) is 0 Å². The third kappa shape index (κ3) is 2.87. The van der Waals surface area contributed by atoms with E-state index in [9.17, 15) is 15.0 Å². The molecule has 88 valence electrons. The summed E-state index contributed by atoms with van der Waals surface area (Å²) in [5, 5.41) is 19.0. The van der Waals surface area contributed by atoms with Crippen molar-refractivity contribution >= 4 is 5.97 Å². The normalized spacial score (nSPS) is 11.9. The predicted octanol–water partition coefficient (Wildman–Crippen LogP) is 0.477. The lowest BCUT2D eigenvalue weighted by Gasteiger charge is -2.10. The van der Waals surface area contributed by atoms with Gasteiger partial charge in [0.1, 0.15) is 11.5 Å². The minimum Gasteiger partial charge on any atom is -0.508 e. The zero-order chi connectivity index (χ0) is 12.1. The molecular formula is C11H14O5. The van der Waals surface area contributed by atoms with Crippen molar-refractivity contribution in [1.29, 1.82) is 0 Å². The summed E-state index contributed by atoms with van der Waals surface area (Å²) in [6.45, 7) is 0. The molecule has 5 heteroatoms. The highest BCUT2D eigenvalue weighted by Crippen LogP contribution is 2.24. The van der Waals surface area contributed by atoms with Crippen LogP contribution >= 0.6 is 0 Å². The Kier molecular flexibility index (Phi) is 4.13. The van der Waals surface area contributed by atoms with Gasteiger partial charge in [-0.05, 0) is 11.6 Å². The van der Waals surface area contributed by atoms with Crippen LogP contribution in [0.1, 0.15) is 5.56 Å². The van der Waals surface area contributed by atoms with Crippen LogP contribution in [0.3, 0.4) is 0 Å². The first-order chi connectivity index (χ1) is 7.58. The summed E-state index contributed by atoms with van der Waals surface area (Å²) in [5.41, 5.74) is 0.457. The number of methoxy groups -OCH3 is 2. The van der Waals surface area contributed by atoms with Gasteiger partial charge < -0.3 is 19.7 Å². The van der Waals surface area contributed by atoms with Crippen LogP contribution < -0.4 is 4.74 Å². The number of hydrogen-bond donors (Lipinski definition) is 2. The molecule has 1 aromatic rings. The van der Waals surface area contributed by atoms with E-state index in [0.717, 1.165) is 0 Å². The Morgan fingerprint density at radius 3 is 2.62 bits per heavy atom. The van der Waals surface area contributed by atoms with Crippen LogP contribution in [0, 0.1) is 0 Å². The van der Waals surface area contributed by atoms with Crippen molar-refractivity contribution in [2.75, 3.05) is 14.2 Å². The van der Waals surface area contributed by atoms with Gasteiger partial charge in [-0.2, -0.15) is 0 Å². The highest BCUT2D eigenvalue weighted by molar-refractivity contribution is 5.74. The average Bonchev–Trinajstić information content (AvgIpc) is 2.30. The summed E-state index contributed by atoms with van der Waals surface area (Å²) < 4.78 is 9.28. The molecule has 0 heterocycles. The molecule has 0 spiro atoms. The second-order valence-electron chi connectivity index (χ2n) is 3.24. The van der Waals surface area contributed by atoms with Gasteiger partial charge >= 0.3 is 5.97 Å². The van der Waals surface area contributed by atoms with E-state index in [2.05, 4.69) is 4.74 Å². The smallest absolute Gasteiger partial charge is 0.335 e. The minimum atomic E-state index is -1.27. The van der Waals surface area contributed by atoms with Crippen LogP contribution in [0.5, 0.6) is 11.5 Å². The predicted molar refractivity (Wildman–Crippen MR) is 56.4 cm³/mol. The highest BCUT2D eigenvalue weighted by Gasteiger charge is 2.17. The summed E-state index contributed by atoms with van der Waals surface area (Å²) in [5.74, 6) is -0.244. The molecule has 0 saturated heterocycles. The molecule has 0 aliphatic carbocycles. The largest absolute Gasteiger partial charge is 0.508 e. The first kappa shape index (κ1) is 12.3. The molecular weight excluding hydrogens is 212 g/mol. The maximum Gasteiger partial charge on any atom is 0.335 e. The number of aliphatic hydroxyl groups excluding tert-OH is 1. The molecule has 1 atom stereocenters. The lowest BCUT2D eigenvalue weighted by molar-refractivity contribution is -0.150. The molecule has 2 N–H and O–H groups in total. The van der Waals surface area contributed by atoms with Crippen molar-refractivity contribution in [2.45, 2.75) is 12.5 Å². The second-order valence-corrected chi connectivity index (χ2v) is 3.24. The molecule has 16 heavy (non-hydrogen) atoms. The fourth-order valence-corrected chi connectivity index (χ4v) is 1.27. The van der Waals surface area contributed by atoms with Crippen LogP contribution in [0.15, 0.2) is 18.2 Å². The zero-order valence-electron chi connectivity index (χ0n) is 9.14. The van der Waals surface area contributed by atoms with Crippen molar-refractivity contribution in [3.63, 3.8) is 0 Å². The molecule has 1 unspecified atom stereocenters. The highest BCUT2D eigenvalue weighted by atomic mass is 16.5. The number of hydrogen-bond acceptors (Lipinski definition) is 5. The van der Waals surface area contributed by atoms with E-state index in [1.54, 1.807) is 12.1 Å². The Hall–Kier alpha value is -1.75. The fraction of sp³-hybridized carbons (Fsp3) is 0.364. The van der Waals surface area contributed by atoms with Crippen molar-refractivity contribution < 1.29 is 24.5 Å². The molecule has 0 radical (unpaired) electrons. The number of aromatic hydroxyl groups is 1. The zero-order valence-corrected chi connectivity index (χ0v) is 9.14. The molecule has 0 saturated carbocycles. The molecule has 5 nitrogen and oxygen atoms in total. The summed E-state index contributed by atoms with van der Waals surface area (Å²) in [6.07, 6.45) is -1.27. The van der Waals surface area contributed by atoms with E-state index in [-0.39, 0.29) is 12.2 Å². The number of carbonyl (C=O) groups excluding carboxylic acids is 1. The molecule has 0 aliphatic rings. The third-order valence-electron chi connectivity index (χ3n) is 2.18. The van der Waals surface area contributed by atoms with Gasteiger partial charge in [0.05, 0.1) is 14.2 Å². The monoisotopic (exact) mass is 226 g/mol. The SMILES string of the molecule is COC(=O)C(O)Cc1ccc(OC)cc1O. The first-order valence-corrected chi connectivity index (χ1v) is 4.70. The molecule has 1 aromatic carbocycles. The van der Waals surface area contributed by atoms with Crippen LogP contribution in [0.2, 0.25) is 0 Å². The molecule has 0 aliphatic heterocycles. The summed E-state index contributed by atoms with van der Waals surface area (Å²) in [6, 6.07) is 4.64. The van der Waals surface area contributed by atoms with Crippen LogP contribution in [-0.4, -0.2) is 36.5 Å². The number of phenolic OH excluding ortho intramolecular Hbond substituents is 1. The van der Waals surface area contributed by atoms with Crippen molar-refractivity contribution in [1.82, 2.24) is 0 Å². The van der Waals surface area contributed by atoms with E-state index >= 15 is 0 Å². The van der Waals surface area contributed by atoms with Crippen molar-refractivity contribution in [3.05, 3.63) is 23.8 Å². The standard InChI is InChI=1S/C11H14O5/c1-15-8-4-3-7(9(12)6-8)5-10(13)11(14)16-2/h3-4,6,10,12-13H,5H2,1-2H3. The van der Waals surface area contributed by atoms with E-state index in [1.807, 2.05) is 0 Å². The summed E-state index contributed by atoms with van der Waals surface area (Å²) in [7, 11) is 2.68. The van der Waals surface area contributed by atoms with Gasteiger partial charge in [-0.15, -0.1) is 0 Å². The summed E-state index contributed by atoms with van der Waals surface area (Å²) in [4.78, 5) is 11.0. The maximum absolute atomic E-state index is 11.0. The Balaban J connectivity index is 2.78. The topological polar surface area (TPSA) is 76.0 Å². The number of esters is 1. The molecule has 0 bridgehead atoms. The van der Waals surface area contributed by atoms with Crippen molar-refractivity contribution in [2.24, 2.45) is 0 Å². The number of benzene rings is 1. The van der Waals surface area contributed by atoms with Gasteiger partial charge in [0.2, 0.25) is 0 Å². The summed E-state index contributed by atoms with van der Waals surface area (Å²) >= 11 is 0. The Labute approximate surface area is 93.2 Å². The first-order valence-electron chi connectivity index (χ1n) is 4.70. The average molecular weight is 226 g/mol. The van der Waals surface area contributed by atoms with Crippen LogP contribution in [0.25, 0.3) is 0 Å². The fourth-order valence-electron chi connectivity index (χ4n) is 1.27. The Morgan fingerprint density at radius 2 is 2.12 bits per heavy atom.